The van der Waals surface area contributed by atoms with Crippen LogP contribution < -0.4 is 0 Å². The maximum atomic E-state index is 12.7. The molecule has 2 aromatic rings. The van der Waals surface area contributed by atoms with E-state index in [1.807, 2.05) is 0 Å². The van der Waals surface area contributed by atoms with E-state index in [2.05, 4.69) is 22.3 Å². The summed E-state index contributed by atoms with van der Waals surface area (Å²) in [6, 6.07) is 2.91. The van der Waals surface area contributed by atoms with Gasteiger partial charge in [-0.15, -0.1) is 11.3 Å². The molecular weight excluding hydrogens is 326 g/mol. The second-order valence-electron chi connectivity index (χ2n) is 5.86. The van der Waals surface area contributed by atoms with E-state index in [0.29, 0.717) is 18.7 Å². The molecule has 7 heteroatoms. The average molecular weight is 345 g/mol. The van der Waals surface area contributed by atoms with Gasteiger partial charge in [0.05, 0.1) is 10.7 Å². The molecule has 0 bridgehead atoms. The lowest BCUT2D eigenvalue weighted by atomic mass is 9.98. The number of carboxylic acid groups (broad SMARTS) is 1. The Morgan fingerprint density at radius 1 is 1.46 bits per heavy atom. The number of nitrogens with zero attached hydrogens (tertiary/aromatic N) is 3. The fraction of sp³-hybridized carbons (Fsp3) is 0.412. The third kappa shape index (κ3) is 3.46. The van der Waals surface area contributed by atoms with Crippen LogP contribution in [0, 0.1) is 0 Å². The second kappa shape index (κ2) is 7.09. The van der Waals surface area contributed by atoms with E-state index >= 15 is 0 Å². The van der Waals surface area contributed by atoms with Crippen LogP contribution >= 0.6 is 11.3 Å². The number of hydrogen-bond donors (Lipinski definition) is 1. The van der Waals surface area contributed by atoms with Crippen molar-refractivity contribution in [1.29, 1.82) is 0 Å². The molecule has 1 aliphatic heterocycles. The van der Waals surface area contributed by atoms with E-state index in [-0.39, 0.29) is 17.5 Å². The molecule has 1 atom stereocenters. The zero-order valence-corrected chi connectivity index (χ0v) is 14.3. The molecule has 1 N–H and O–H groups in total. The monoisotopic (exact) mass is 345 g/mol. The van der Waals surface area contributed by atoms with Crippen LogP contribution in [0.25, 0.3) is 0 Å². The fourth-order valence-corrected chi connectivity index (χ4v) is 3.93. The Morgan fingerprint density at radius 3 is 3.00 bits per heavy atom. The number of likely N-dealkylation sites (tertiary alicyclic amines) is 1. The minimum Gasteiger partial charge on any atom is -0.477 e. The number of carbonyl (C=O) groups excluding carboxylic acids is 1. The summed E-state index contributed by atoms with van der Waals surface area (Å²) in [7, 11) is 0. The Morgan fingerprint density at radius 2 is 2.29 bits per heavy atom. The maximum absolute atomic E-state index is 12.7. The van der Waals surface area contributed by atoms with E-state index < -0.39 is 5.97 Å². The van der Waals surface area contributed by atoms with Gasteiger partial charge in [0.15, 0.2) is 0 Å². The minimum atomic E-state index is -1.13. The first-order valence-corrected chi connectivity index (χ1v) is 8.89. The van der Waals surface area contributed by atoms with Crippen molar-refractivity contribution < 1.29 is 14.7 Å². The first-order chi connectivity index (χ1) is 11.6. The summed E-state index contributed by atoms with van der Waals surface area (Å²) in [5.74, 6) is -1.01. The van der Waals surface area contributed by atoms with Gasteiger partial charge in [-0.2, -0.15) is 0 Å². The summed E-state index contributed by atoms with van der Waals surface area (Å²) in [6.07, 6.45) is 4.23. The maximum Gasteiger partial charge on any atom is 0.354 e. The van der Waals surface area contributed by atoms with E-state index in [1.54, 1.807) is 22.3 Å². The van der Waals surface area contributed by atoms with Gasteiger partial charge in [0, 0.05) is 36.1 Å². The number of carbonyl (C=O) groups is 2. The van der Waals surface area contributed by atoms with Crippen molar-refractivity contribution in [3.63, 3.8) is 0 Å². The Bertz CT molecular complexity index is 759. The Hall–Kier alpha value is -2.28. The smallest absolute Gasteiger partial charge is 0.354 e. The summed E-state index contributed by atoms with van der Waals surface area (Å²) >= 11 is 1.66. The van der Waals surface area contributed by atoms with Crippen LogP contribution in [0.1, 0.15) is 57.2 Å². The largest absolute Gasteiger partial charge is 0.477 e. The number of hydrogen-bond acceptors (Lipinski definition) is 5. The van der Waals surface area contributed by atoms with Gasteiger partial charge in [-0.1, -0.05) is 6.92 Å². The number of thiazole rings is 1. The topological polar surface area (TPSA) is 83.4 Å². The Labute approximate surface area is 144 Å². The summed E-state index contributed by atoms with van der Waals surface area (Å²) in [5, 5.41) is 12.2. The van der Waals surface area contributed by atoms with Gasteiger partial charge in [0.25, 0.3) is 5.91 Å². The summed E-state index contributed by atoms with van der Waals surface area (Å²) in [4.78, 5) is 33.9. The van der Waals surface area contributed by atoms with Crippen LogP contribution in [-0.4, -0.2) is 44.9 Å². The number of carboxylic acids is 1. The Kier molecular flexibility index (Phi) is 4.89. The van der Waals surface area contributed by atoms with Gasteiger partial charge in [-0.05, 0) is 31.4 Å². The molecule has 0 saturated carbocycles. The third-order valence-corrected chi connectivity index (χ3v) is 5.27. The first kappa shape index (κ1) is 16.6. The standard InChI is InChI=1S/C17H19N3O3S/c1-2-13-10-24-15(19-13)12-4-3-7-20(9-12)16(21)11-5-6-18-14(8-11)17(22)23/h5-6,8,10,12H,2-4,7,9H2,1H3,(H,22,23). The van der Waals surface area contributed by atoms with Crippen LogP contribution in [0.2, 0.25) is 0 Å². The van der Waals surface area contributed by atoms with Gasteiger partial charge in [0.2, 0.25) is 0 Å². The molecule has 1 fully saturated rings. The van der Waals surface area contributed by atoms with Crippen LogP contribution in [0.15, 0.2) is 23.7 Å². The highest BCUT2D eigenvalue weighted by Crippen LogP contribution is 2.30. The van der Waals surface area contributed by atoms with Crippen molar-refractivity contribution >= 4 is 23.2 Å². The summed E-state index contributed by atoms with van der Waals surface area (Å²) < 4.78 is 0. The molecular formula is C17H19N3O3S. The lowest BCUT2D eigenvalue weighted by molar-refractivity contribution is 0.0690. The molecule has 24 heavy (non-hydrogen) atoms. The number of aryl methyl sites for hydroxylation is 1. The predicted octanol–water partition coefficient (Wildman–Crippen LogP) is 2.82. The molecule has 2 aromatic heterocycles. The van der Waals surface area contributed by atoms with Gasteiger partial charge >= 0.3 is 5.97 Å². The quantitative estimate of drug-likeness (QED) is 0.921. The van der Waals surface area contributed by atoms with E-state index in [1.165, 1.54) is 12.3 Å². The Balaban J connectivity index is 1.75. The molecule has 3 rings (SSSR count). The van der Waals surface area contributed by atoms with Crippen LogP contribution in [0.5, 0.6) is 0 Å². The minimum absolute atomic E-state index is 0.109. The first-order valence-electron chi connectivity index (χ1n) is 8.01. The highest BCUT2D eigenvalue weighted by atomic mass is 32.1. The molecule has 0 spiro atoms. The third-order valence-electron chi connectivity index (χ3n) is 4.22. The molecule has 126 valence electrons. The van der Waals surface area contributed by atoms with Gasteiger partial charge in [-0.3, -0.25) is 4.79 Å². The van der Waals surface area contributed by atoms with Crippen LogP contribution in [0.4, 0.5) is 0 Å². The second-order valence-corrected chi connectivity index (χ2v) is 6.75. The molecule has 3 heterocycles. The lowest BCUT2D eigenvalue weighted by Gasteiger charge is -2.32. The molecule has 1 aliphatic rings. The average Bonchev–Trinajstić information content (AvgIpc) is 3.10. The highest BCUT2D eigenvalue weighted by molar-refractivity contribution is 7.09. The zero-order chi connectivity index (χ0) is 17.1. The number of pyridine rings is 1. The SMILES string of the molecule is CCc1csc(C2CCCN(C(=O)c3ccnc(C(=O)O)c3)C2)n1. The fourth-order valence-electron chi connectivity index (χ4n) is 2.90. The van der Waals surface area contributed by atoms with Gasteiger partial charge in [-0.25, -0.2) is 14.8 Å². The number of amides is 1. The van der Waals surface area contributed by atoms with Crippen molar-refractivity contribution in [2.75, 3.05) is 13.1 Å². The van der Waals surface area contributed by atoms with Gasteiger partial charge in [0.1, 0.15) is 5.69 Å². The van der Waals surface area contributed by atoms with E-state index in [4.69, 9.17) is 5.11 Å². The molecule has 6 nitrogen and oxygen atoms in total. The molecule has 1 saturated heterocycles. The van der Waals surface area contributed by atoms with Crippen LogP contribution in [0.3, 0.4) is 0 Å². The number of rotatable bonds is 4. The molecule has 1 unspecified atom stereocenters. The lowest BCUT2D eigenvalue weighted by Crippen LogP contribution is -2.39. The van der Waals surface area contributed by atoms with E-state index in [0.717, 1.165) is 30.0 Å². The molecule has 1 amide bonds. The molecule has 0 radical (unpaired) electrons. The highest BCUT2D eigenvalue weighted by Gasteiger charge is 2.27. The number of aromatic carboxylic acids is 1. The van der Waals surface area contributed by atoms with E-state index in [9.17, 15) is 9.59 Å². The van der Waals surface area contributed by atoms with Crippen molar-refractivity contribution in [3.05, 3.63) is 45.7 Å². The normalized spacial score (nSPS) is 17.7. The summed E-state index contributed by atoms with van der Waals surface area (Å²) in [5.41, 5.74) is 1.36. The zero-order valence-electron chi connectivity index (χ0n) is 13.4. The van der Waals surface area contributed by atoms with Crippen molar-refractivity contribution in [2.24, 2.45) is 0 Å². The van der Waals surface area contributed by atoms with Crippen molar-refractivity contribution in [1.82, 2.24) is 14.9 Å². The predicted molar refractivity (Wildman–Crippen MR) is 90.6 cm³/mol. The van der Waals surface area contributed by atoms with Crippen molar-refractivity contribution in [2.45, 2.75) is 32.1 Å². The summed E-state index contributed by atoms with van der Waals surface area (Å²) in [6.45, 7) is 3.39. The van der Waals surface area contributed by atoms with Crippen molar-refractivity contribution in [3.8, 4) is 0 Å². The van der Waals surface area contributed by atoms with Crippen LogP contribution in [-0.2, 0) is 6.42 Å². The number of piperidine rings is 1. The molecule has 0 aromatic carbocycles. The molecule has 0 aliphatic carbocycles. The van der Waals surface area contributed by atoms with Gasteiger partial charge < -0.3 is 10.0 Å². The number of aromatic nitrogens is 2.